The summed E-state index contributed by atoms with van der Waals surface area (Å²) < 4.78 is 34.7. The molecule has 0 aliphatic carbocycles. The first-order chi connectivity index (χ1) is 48.0. The van der Waals surface area contributed by atoms with Crippen LogP contribution in [-0.4, -0.2) is 74.9 Å². The summed E-state index contributed by atoms with van der Waals surface area (Å²) in [5.41, 5.74) is 0. The van der Waals surface area contributed by atoms with E-state index < -0.39 is 26.5 Å². The number of ether oxygens (including phenoxy) is 2. The van der Waals surface area contributed by atoms with Crippen LogP contribution in [0.4, 0.5) is 0 Å². The number of hydrogen-bond donors (Lipinski definition) is 1. The Labute approximate surface area is 605 Å². The van der Waals surface area contributed by atoms with Crippen molar-refractivity contribution in [2.45, 2.75) is 341 Å². The number of quaternary nitrogens is 1. The Morgan fingerprint density at radius 3 is 0.888 bits per heavy atom. The van der Waals surface area contributed by atoms with E-state index in [9.17, 15) is 19.0 Å². The standard InChI is InChI=1S/C88H150NO8P/c1-6-8-10-12-14-16-18-20-22-24-26-28-30-32-34-36-38-40-41-42-43-44-45-46-47-49-50-52-54-56-58-60-62-64-66-68-70-72-74-76-78-80-87(90)94-84-86(85-96-98(92,93)95-83-82-89(3,4)5)97-88(91)81-79-77-75-73-71-69-67-65-63-61-59-57-55-53-51-48-39-37-35-33-31-29-27-25-23-21-19-17-15-13-11-9-7-2/h9,11,15,17-18,20-21,23-24,26-27,29-30,32-33,35,39,48,53,55,59,61,65,67,71,73,86H,6-8,10,12-14,16,19,22,25,28,31,34,36-38,40-47,49-52,54,56-58,60,62-64,66,68-70,72,74-85H2,1-5H3/p+1/b11-9-,17-15-,20-18-,23-21-,26-24-,29-27-,32-30-,35-33-,48-39-,55-53-,61-59-,67-65-,73-71-. The average molecular weight is 1380 g/mol. The molecule has 9 nitrogen and oxygen atoms in total. The molecule has 0 aromatic heterocycles. The molecule has 0 aliphatic rings. The Morgan fingerprint density at radius 2 is 0.582 bits per heavy atom. The van der Waals surface area contributed by atoms with Gasteiger partial charge in [0.1, 0.15) is 19.8 Å². The molecule has 0 aliphatic heterocycles. The zero-order valence-corrected chi connectivity index (χ0v) is 64.9. The maximum atomic E-state index is 12.9. The molecule has 0 rings (SSSR count). The lowest BCUT2D eigenvalue weighted by Gasteiger charge is -2.24. The van der Waals surface area contributed by atoms with Crippen LogP contribution < -0.4 is 0 Å². The van der Waals surface area contributed by atoms with Crippen LogP contribution in [0.5, 0.6) is 0 Å². The molecule has 98 heavy (non-hydrogen) atoms. The zero-order chi connectivity index (χ0) is 71.1. The van der Waals surface area contributed by atoms with Crippen molar-refractivity contribution in [3.05, 3.63) is 158 Å². The van der Waals surface area contributed by atoms with Crippen molar-refractivity contribution in [2.24, 2.45) is 0 Å². The minimum atomic E-state index is -4.42. The van der Waals surface area contributed by atoms with E-state index in [1.165, 1.54) is 193 Å². The third-order valence-corrected chi connectivity index (χ3v) is 18.0. The van der Waals surface area contributed by atoms with Gasteiger partial charge in [-0.1, -0.05) is 352 Å². The molecule has 0 saturated heterocycles. The molecule has 0 heterocycles. The van der Waals surface area contributed by atoms with Crippen LogP contribution in [0.3, 0.4) is 0 Å². The molecule has 2 atom stereocenters. The quantitative estimate of drug-likeness (QED) is 0.0211. The average Bonchev–Trinajstić information content (AvgIpc) is 1.08. The second-order valence-electron chi connectivity index (χ2n) is 27.7. The maximum absolute atomic E-state index is 12.9. The summed E-state index contributed by atoms with van der Waals surface area (Å²) in [6, 6.07) is 0. The van der Waals surface area contributed by atoms with Crippen molar-refractivity contribution < 1.29 is 42.1 Å². The molecule has 10 heteroatoms. The topological polar surface area (TPSA) is 108 Å². The van der Waals surface area contributed by atoms with Crippen molar-refractivity contribution in [2.75, 3.05) is 47.5 Å². The van der Waals surface area contributed by atoms with Crippen LogP contribution in [0.1, 0.15) is 335 Å². The summed E-state index contributed by atoms with van der Waals surface area (Å²) in [6.45, 7) is 4.27. The van der Waals surface area contributed by atoms with Gasteiger partial charge in [0.25, 0.3) is 0 Å². The molecule has 560 valence electrons. The highest BCUT2D eigenvalue weighted by Gasteiger charge is 2.27. The number of phosphoric ester groups is 1. The van der Waals surface area contributed by atoms with E-state index in [1.54, 1.807) is 0 Å². The van der Waals surface area contributed by atoms with Gasteiger partial charge < -0.3 is 18.9 Å². The molecular formula is C88H151NO8P+. The summed E-state index contributed by atoms with van der Waals surface area (Å²) >= 11 is 0. The normalized spacial score (nSPS) is 13.9. The van der Waals surface area contributed by atoms with E-state index in [0.29, 0.717) is 17.4 Å². The number of nitrogens with zero attached hydrogens (tertiary/aromatic N) is 1. The molecule has 2 unspecified atom stereocenters. The first kappa shape index (κ1) is 93.6. The minimum Gasteiger partial charge on any atom is -0.462 e. The number of allylic oxidation sites excluding steroid dienone is 26. The van der Waals surface area contributed by atoms with E-state index in [0.717, 1.165) is 109 Å². The summed E-state index contributed by atoms with van der Waals surface area (Å²) in [6.07, 6.45) is 115. The number of unbranched alkanes of at least 4 members (excludes halogenated alkanes) is 33. The van der Waals surface area contributed by atoms with Crippen LogP contribution >= 0.6 is 7.82 Å². The first-order valence-electron chi connectivity index (χ1n) is 40.2. The summed E-state index contributed by atoms with van der Waals surface area (Å²) in [5.74, 6) is -0.848. The smallest absolute Gasteiger partial charge is 0.462 e. The van der Waals surface area contributed by atoms with Gasteiger partial charge in [-0.05, 0) is 128 Å². The third-order valence-electron chi connectivity index (χ3n) is 17.0. The minimum absolute atomic E-state index is 0.0164. The van der Waals surface area contributed by atoms with Crippen LogP contribution in [-0.2, 0) is 32.7 Å². The SMILES string of the molecule is CC/C=C\C/C=C\C/C=C\C/C=C\C/C=C\C/C=C\C/C=C\C/C=C\C/C=C\C/C=C\CCCCC(=O)OC(COC(=O)CCCCCCCCCCCCCCCCCCCCCCCCCCCC/C=C\C/C=C\C/C=C\CCCCCCC)COP(=O)(O)OCC[N+](C)(C)C. The maximum Gasteiger partial charge on any atom is 0.472 e. The van der Waals surface area contributed by atoms with Gasteiger partial charge in [0, 0.05) is 12.8 Å². The predicted octanol–water partition coefficient (Wildman–Crippen LogP) is 27.1. The summed E-state index contributed by atoms with van der Waals surface area (Å²) in [7, 11) is 1.44. The first-order valence-corrected chi connectivity index (χ1v) is 41.7. The Morgan fingerprint density at radius 1 is 0.327 bits per heavy atom. The Kier molecular flexibility index (Phi) is 73.4. The number of likely N-dealkylation sites (N-methyl/N-ethyl adjacent to an activating group) is 1. The van der Waals surface area contributed by atoms with Crippen molar-refractivity contribution in [3.8, 4) is 0 Å². The molecule has 0 amide bonds. The van der Waals surface area contributed by atoms with E-state index in [4.69, 9.17) is 18.5 Å². The van der Waals surface area contributed by atoms with E-state index in [-0.39, 0.29) is 32.0 Å². The number of hydrogen-bond acceptors (Lipinski definition) is 7. The van der Waals surface area contributed by atoms with E-state index in [1.807, 2.05) is 21.1 Å². The fourth-order valence-electron chi connectivity index (χ4n) is 10.9. The molecule has 0 radical (unpaired) electrons. The molecule has 0 fully saturated rings. The fourth-order valence-corrected chi connectivity index (χ4v) is 11.7. The lowest BCUT2D eigenvalue weighted by atomic mass is 10.0. The van der Waals surface area contributed by atoms with Gasteiger partial charge in [0.05, 0.1) is 27.7 Å². The highest BCUT2D eigenvalue weighted by atomic mass is 31.2. The lowest BCUT2D eigenvalue weighted by Crippen LogP contribution is -2.37. The molecule has 1 N–H and O–H groups in total. The molecule has 0 saturated carbocycles. The van der Waals surface area contributed by atoms with Gasteiger partial charge in [0.2, 0.25) is 0 Å². The number of rotatable bonds is 73. The van der Waals surface area contributed by atoms with Crippen molar-refractivity contribution in [3.63, 3.8) is 0 Å². The molecule has 0 aromatic rings. The lowest BCUT2D eigenvalue weighted by molar-refractivity contribution is -0.870. The number of esters is 2. The largest absolute Gasteiger partial charge is 0.472 e. The van der Waals surface area contributed by atoms with Crippen LogP contribution in [0.25, 0.3) is 0 Å². The third kappa shape index (κ3) is 80.6. The van der Waals surface area contributed by atoms with E-state index in [2.05, 4.69) is 172 Å². The zero-order valence-electron chi connectivity index (χ0n) is 64.0. The summed E-state index contributed by atoms with van der Waals surface area (Å²) in [4.78, 5) is 35.9. The highest BCUT2D eigenvalue weighted by Crippen LogP contribution is 2.43. The van der Waals surface area contributed by atoms with Gasteiger partial charge in [-0.3, -0.25) is 18.6 Å². The van der Waals surface area contributed by atoms with Gasteiger partial charge >= 0.3 is 19.8 Å². The van der Waals surface area contributed by atoms with Crippen LogP contribution in [0, 0.1) is 0 Å². The molecule has 0 spiro atoms. The van der Waals surface area contributed by atoms with Crippen molar-refractivity contribution >= 4 is 19.8 Å². The number of phosphoric acid groups is 1. The molecule has 0 bridgehead atoms. The van der Waals surface area contributed by atoms with Crippen LogP contribution in [0.2, 0.25) is 0 Å². The predicted molar refractivity (Wildman–Crippen MR) is 426 cm³/mol. The van der Waals surface area contributed by atoms with Gasteiger partial charge in [-0.2, -0.15) is 0 Å². The highest BCUT2D eigenvalue weighted by molar-refractivity contribution is 7.47. The van der Waals surface area contributed by atoms with Gasteiger partial charge in [0.15, 0.2) is 6.10 Å². The van der Waals surface area contributed by atoms with Crippen LogP contribution in [0.15, 0.2) is 158 Å². The Balaban J connectivity index is 4.03. The second kappa shape index (κ2) is 76.8. The summed E-state index contributed by atoms with van der Waals surface area (Å²) in [5, 5.41) is 0. The van der Waals surface area contributed by atoms with E-state index >= 15 is 0 Å². The Hall–Kier alpha value is -4.37. The molecule has 0 aromatic carbocycles. The monoisotopic (exact) mass is 1380 g/mol. The Bertz CT molecular complexity index is 2220. The van der Waals surface area contributed by atoms with Gasteiger partial charge in [-0.25, -0.2) is 4.57 Å². The molecular weight excluding hydrogens is 1230 g/mol. The number of carbonyl (C=O) groups is 2. The second-order valence-corrected chi connectivity index (χ2v) is 29.2. The van der Waals surface area contributed by atoms with Crippen molar-refractivity contribution in [1.29, 1.82) is 0 Å². The fraction of sp³-hybridized carbons (Fsp3) is 0.682. The van der Waals surface area contributed by atoms with Crippen molar-refractivity contribution in [1.82, 2.24) is 0 Å². The van der Waals surface area contributed by atoms with Gasteiger partial charge in [-0.15, -0.1) is 0 Å². The number of carbonyl (C=O) groups excluding carboxylic acids is 2.